The van der Waals surface area contributed by atoms with Crippen molar-refractivity contribution < 1.29 is 13.9 Å². The van der Waals surface area contributed by atoms with E-state index in [0.717, 1.165) is 12.5 Å². The highest BCUT2D eigenvalue weighted by Crippen LogP contribution is 2.33. The van der Waals surface area contributed by atoms with Crippen molar-refractivity contribution in [3.05, 3.63) is 34.6 Å². The standard InChI is InChI=1S/C15H15ClFNO2/c1-2-14-11(5-6-20-14)15(19)12(8-18)10-4-3-9(17)7-13(10)16/h3-4,7,11-12,14H,2,5-6H2,1H3. The van der Waals surface area contributed by atoms with Crippen LogP contribution in [0.5, 0.6) is 0 Å². The topological polar surface area (TPSA) is 50.1 Å². The van der Waals surface area contributed by atoms with E-state index in [2.05, 4.69) is 0 Å². The Bertz CT molecular complexity index is 555. The highest BCUT2D eigenvalue weighted by Gasteiger charge is 2.37. The second kappa shape index (κ2) is 6.34. The fourth-order valence-electron chi connectivity index (χ4n) is 2.61. The van der Waals surface area contributed by atoms with Gasteiger partial charge < -0.3 is 4.74 Å². The quantitative estimate of drug-likeness (QED) is 0.854. The van der Waals surface area contributed by atoms with Crippen molar-refractivity contribution in [1.29, 1.82) is 5.26 Å². The van der Waals surface area contributed by atoms with Crippen LogP contribution >= 0.6 is 11.6 Å². The first kappa shape index (κ1) is 15.0. The van der Waals surface area contributed by atoms with E-state index in [0.29, 0.717) is 18.6 Å². The first-order valence-corrected chi connectivity index (χ1v) is 6.96. The maximum atomic E-state index is 13.1. The van der Waals surface area contributed by atoms with E-state index in [1.807, 2.05) is 13.0 Å². The summed E-state index contributed by atoms with van der Waals surface area (Å²) in [5, 5.41) is 9.41. The number of hydrogen-bond acceptors (Lipinski definition) is 3. The number of carbonyl (C=O) groups is 1. The molecule has 0 aliphatic carbocycles. The maximum Gasteiger partial charge on any atom is 0.160 e. The number of Topliss-reactive ketones (excluding diaryl/α,β-unsaturated/α-hetero) is 1. The number of ether oxygens (including phenoxy) is 1. The Hall–Kier alpha value is -1.44. The molecular formula is C15H15ClFNO2. The number of rotatable bonds is 4. The Morgan fingerprint density at radius 3 is 3.00 bits per heavy atom. The number of nitriles is 1. The molecule has 1 fully saturated rings. The fraction of sp³-hybridized carbons (Fsp3) is 0.467. The molecule has 0 spiro atoms. The zero-order valence-electron chi connectivity index (χ0n) is 11.1. The fourth-order valence-corrected chi connectivity index (χ4v) is 2.89. The van der Waals surface area contributed by atoms with Gasteiger partial charge in [-0.15, -0.1) is 0 Å². The number of hydrogen-bond donors (Lipinski definition) is 0. The van der Waals surface area contributed by atoms with Crippen LogP contribution in [0.2, 0.25) is 5.02 Å². The third-order valence-corrected chi connectivity index (χ3v) is 3.99. The van der Waals surface area contributed by atoms with E-state index < -0.39 is 11.7 Å². The molecule has 1 heterocycles. The molecule has 1 saturated heterocycles. The number of ketones is 1. The van der Waals surface area contributed by atoms with Crippen molar-refractivity contribution in [3.63, 3.8) is 0 Å². The van der Waals surface area contributed by atoms with Crippen LogP contribution in [0, 0.1) is 23.1 Å². The smallest absolute Gasteiger partial charge is 0.160 e. The SMILES string of the molecule is CCC1OCCC1C(=O)C(C#N)c1ccc(F)cc1Cl. The highest BCUT2D eigenvalue weighted by atomic mass is 35.5. The largest absolute Gasteiger partial charge is 0.377 e. The van der Waals surface area contributed by atoms with Crippen LogP contribution in [-0.2, 0) is 9.53 Å². The summed E-state index contributed by atoms with van der Waals surface area (Å²) in [5.74, 6) is -1.93. The van der Waals surface area contributed by atoms with Gasteiger partial charge in [0.25, 0.3) is 0 Å². The van der Waals surface area contributed by atoms with Crippen LogP contribution in [0.3, 0.4) is 0 Å². The summed E-state index contributed by atoms with van der Waals surface area (Å²) in [6, 6.07) is 5.72. The summed E-state index contributed by atoms with van der Waals surface area (Å²) in [6.07, 6.45) is 1.21. The van der Waals surface area contributed by atoms with Crippen molar-refractivity contribution in [2.45, 2.75) is 31.8 Å². The van der Waals surface area contributed by atoms with Gasteiger partial charge in [-0.2, -0.15) is 5.26 Å². The van der Waals surface area contributed by atoms with Gasteiger partial charge in [0, 0.05) is 17.5 Å². The molecule has 1 aromatic carbocycles. The van der Waals surface area contributed by atoms with Gasteiger partial charge >= 0.3 is 0 Å². The lowest BCUT2D eigenvalue weighted by Gasteiger charge is -2.19. The summed E-state index contributed by atoms with van der Waals surface area (Å²) >= 11 is 5.95. The number of halogens is 2. The molecule has 1 aliphatic heterocycles. The Labute approximate surface area is 122 Å². The predicted molar refractivity (Wildman–Crippen MR) is 72.9 cm³/mol. The second-order valence-electron chi connectivity index (χ2n) is 4.84. The van der Waals surface area contributed by atoms with E-state index in [4.69, 9.17) is 16.3 Å². The third-order valence-electron chi connectivity index (χ3n) is 3.66. The van der Waals surface area contributed by atoms with Gasteiger partial charge in [-0.3, -0.25) is 4.79 Å². The minimum absolute atomic E-state index is 0.108. The van der Waals surface area contributed by atoms with E-state index in [-0.39, 0.29) is 22.8 Å². The molecule has 0 saturated carbocycles. The molecule has 0 N–H and O–H groups in total. The van der Waals surface area contributed by atoms with Gasteiger partial charge in [-0.1, -0.05) is 24.6 Å². The minimum Gasteiger partial charge on any atom is -0.377 e. The van der Waals surface area contributed by atoms with Crippen LogP contribution in [-0.4, -0.2) is 18.5 Å². The Kier molecular flexibility index (Phi) is 4.74. The maximum absolute atomic E-state index is 13.1. The molecule has 1 aliphatic rings. The Morgan fingerprint density at radius 1 is 1.65 bits per heavy atom. The number of nitrogens with zero attached hydrogens (tertiary/aromatic N) is 1. The van der Waals surface area contributed by atoms with Crippen molar-refractivity contribution in [3.8, 4) is 6.07 Å². The molecule has 3 atom stereocenters. The summed E-state index contributed by atoms with van der Waals surface area (Å²) in [4.78, 5) is 12.5. The molecular weight excluding hydrogens is 281 g/mol. The van der Waals surface area contributed by atoms with Crippen molar-refractivity contribution >= 4 is 17.4 Å². The molecule has 5 heteroatoms. The summed E-state index contributed by atoms with van der Waals surface area (Å²) in [7, 11) is 0. The normalized spacial score (nSPS) is 23.3. The molecule has 20 heavy (non-hydrogen) atoms. The Balaban J connectivity index is 2.28. The summed E-state index contributed by atoms with van der Waals surface area (Å²) in [5.41, 5.74) is 0.363. The average Bonchev–Trinajstić information content (AvgIpc) is 2.90. The van der Waals surface area contributed by atoms with Crippen LogP contribution in [0.4, 0.5) is 4.39 Å². The van der Waals surface area contributed by atoms with E-state index in [9.17, 15) is 14.4 Å². The van der Waals surface area contributed by atoms with E-state index >= 15 is 0 Å². The lowest BCUT2D eigenvalue weighted by Crippen LogP contribution is -2.28. The van der Waals surface area contributed by atoms with E-state index in [1.165, 1.54) is 12.1 Å². The first-order chi connectivity index (χ1) is 9.58. The molecule has 3 nitrogen and oxygen atoms in total. The molecule has 0 bridgehead atoms. The first-order valence-electron chi connectivity index (χ1n) is 6.58. The highest BCUT2D eigenvalue weighted by molar-refractivity contribution is 6.31. The third kappa shape index (κ3) is 2.84. The van der Waals surface area contributed by atoms with Crippen molar-refractivity contribution in [2.24, 2.45) is 5.92 Å². The number of carbonyl (C=O) groups excluding carboxylic acids is 1. The van der Waals surface area contributed by atoms with Crippen LogP contribution in [0.1, 0.15) is 31.2 Å². The van der Waals surface area contributed by atoms with Gasteiger partial charge in [0.2, 0.25) is 0 Å². The van der Waals surface area contributed by atoms with E-state index in [1.54, 1.807) is 0 Å². The Morgan fingerprint density at radius 2 is 2.40 bits per heavy atom. The number of benzene rings is 1. The lowest BCUT2D eigenvalue weighted by atomic mass is 9.84. The minimum atomic E-state index is -0.969. The lowest BCUT2D eigenvalue weighted by molar-refractivity contribution is -0.124. The summed E-state index contributed by atoms with van der Waals surface area (Å²) < 4.78 is 18.6. The molecule has 1 aromatic rings. The van der Waals surface area contributed by atoms with Gasteiger partial charge in [-0.25, -0.2) is 4.39 Å². The predicted octanol–water partition coefficient (Wildman–Crippen LogP) is 3.47. The second-order valence-corrected chi connectivity index (χ2v) is 5.25. The zero-order chi connectivity index (χ0) is 14.7. The van der Waals surface area contributed by atoms with Crippen LogP contribution in [0.15, 0.2) is 18.2 Å². The van der Waals surface area contributed by atoms with Crippen LogP contribution in [0.25, 0.3) is 0 Å². The van der Waals surface area contributed by atoms with Crippen molar-refractivity contribution in [1.82, 2.24) is 0 Å². The summed E-state index contributed by atoms with van der Waals surface area (Å²) in [6.45, 7) is 2.48. The molecule has 2 rings (SSSR count). The van der Waals surface area contributed by atoms with Crippen molar-refractivity contribution in [2.75, 3.05) is 6.61 Å². The zero-order valence-corrected chi connectivity index (χ0v) is 11.9. The molecule has 0 amide bonds. The molecule has 106 valence electrons. The van der Waals surface area contributed by atoms with Crippen LogP contribution < -0.4 is 0 Å². The van der Waals surface area contributed by atoms with Gasteiger partial charge in [0.05, 0.1) is 12.2 Å². The monoisotopic (exact) mass is 295 g/mol. The van der Waals surface area contributed by atoms with Gasteiger partial charge in [0.15, 0.2) is 5.78 Å². The van der Waals surface area contributed by atoms with Gasteiger partial charge in [0.1, 0.15) is 11.7 Å². The van der Waals surface area contributed by atoms with Gasteiger partial charge in [-0.05, 0) is 30.5 Å². The molecule has 3 unspecified atom stereocenters. The molecule has 0 radical (unpaired) electrons. The molecule has 0 aromatic heterocycles. The average molecular weight is 296 g/mol.